The first-order chi connectivity index (χ1) is 20.3. The lowest BCUT2D eigenvalue weighted by molar-refractivity contribution is -0.265. The first-order valence-electron chi connectivity index (χ1n) is 12.5. The third-order valence-corrected chi connectivity index (χ3v) is 7.91. The van der Waals surface area contributed by atoms with Gasteiger partial charge in [0.05, 0.1) is 24.9 Å². The van der Waals surface area contributed by atoms with E-state index in [1.807, 2.05) is 0 Å². The summed E-state index contributed by atoms with van der Waals surface area (Å²) in [7, 11) is 1.35. The number of ether oxygens (including phenoxy) is 2. The Labute approximate surface area is 245 Å². The number of methoxy groups -OCH3 is 1. The number of hydrogen-bond acceptors (Lipinski definition) is 9. The van der Waals surface area contributed by atoms with Crippen LogP contribution in [0.5, 0.6) is 11.5 Å². The fourth-order valence-corrected chi connectivity index (χ4v) is 5.13. The van der Waals surface area contributed by atoms with E-state index in [0.29, 0.717) is 10.6 Å². The van der Waals surface area contributed by atoms with Gasteiger partial charge in [-0.05, 0) is 55.5 Å². The molecule has 0 spiro atoms. The summed E-state index contributed by atoms with van der Waals surface area (Å²) in [6.07, 6.45) is -5.36. The van der Waals surface area contributed by atoms with Crippen LogP contribution in [0.1, 0.15) is 28.5 Å². The number of carbonyl (C=O) groups excluding carboxylic acids is 2. The van der Waals surface area contributed by atoms with Gasteiger partial charge in [0.2, 0.25) is 11.5 Å². The zero-order chi connectivity index (χ0) is 31.2. The Kier molecular flexibility index (Phi) is 7.56. The quantitative estimate of drug-likeness (QED) is 0.253. The van der Waals surface area contributed by atoms with E-state index in [-0.39, 0.29) is 40.5 Å². The smallest absolute Gasteiger partial charge is 0.424 e. The molecule has 0 fully saturated rings. The Morgan fingerprint density at radius 1 is 1.19 bits per heavy atom. The number of primary amides is 1. The highest BCUT2D eigenvalue weighted by Crippen LogP contribution is 2.47. The number of halogens is 4. The number of nitrogens with one attached hydrogen (secondary N) is 1. The first kappa shape index (κ1) is 29.8. The second kappa shape index (κ2) is 10.9. The normalized spacial score (nSPS) is 17.5. The van der Waals surface area contributed by atoms with Gasteiger partial charge in [0.1, 0.15) is 40.5 Å². The number of aliphatic hydroxyl groups is 1. The lowest BCUT2D eigenvalue weighted by Gasteiger charge is -2.31. The Morgan fingerprint density at radius 3 is 2.51 bits per heavy atom. The molecule has 4 N–H and O–H groups in total. The lowest BCUT2D eigenvalue weighted by atomic mass is 9.81. The van der Waals surface area contributed by atoms with Gasteiger partial charge in [-0.1, -0.05) is 11.3 Å². The van der Waals surface area contributed by atoms with Crippen LogP contribution in [0.3, 0.4) is 0 Å². The SMILES string of the molecule is COc1cc(C(=O)NCC(O)(c2cc3c(c(-c4ccc(F)cc4)n2)OC[C@]3(C)C(N)=O)C(F)(F)F)ccc1-c1nncs1. The largest absolute Gasteiger partial charge is 0.496 e. The number of nitrogens with zero attached hydrogens (tertiary/aromatic N) is 3. The fourth-order valence-electron chi connectivity index (χ4n) is 4.55. The van der Waals surface area contributed by atoms with E-state index >= 15 is 0 Å². The maximum atomic E-state index is 14.6. The summed E-state index contributed by atoms with van der Waals surface area (Å²) < 4.78 is 68.5. The predicted octanol–water partition coefficient (Wildman–Crippen LogP) is 3.73. The monoisotopic (exact) mass is 617 g/mol. The van der Waals surface area contributed by atoms with Crippen LogP contribution in [0.15, 0.2) is 54.0 Å². The number of aromatic nitrogens is 3. The topological polar surface area (TPSA) is 150 Å². The highest BCUT2D eigenvalue weighted by molar-refractivity contribution is 7.12. The van der Waals surface area contributed by atoms with Gasteiger partial charge in [0.25, 0.3) is 5.91 Å². The summed E-state index contributed by atoms with van der Waals surface area (Å²) in [5.74, 6) is -2.25. The molecule has 1 aliphatic heterocycles. The highest BCUT2D eigenvalue weighted by Gasteiger charge is 2.57. The molecule has 2 aromatic heterocycles. The molecule has 2 atom stereocenters. The van der Waals surface area contributed by atoms with Crippen LogP contribution in [0.4, 0.5) is 17.6 Å². The summed E-state index contributed by atoms with van der Waals surface area (Å²) in [5.41, 5.74) is 1.25. The van der Waals surface area contributed by atoms with Crippen molar-refractivity contribution in [2.45, 2.75) is 24.1 Å². The van der Waals surface area contributed by atoms with Crippen LogP contribution < -0.4 is 20.5 Å². The van der Waals surface area contributed by atoms with Crippen molar-refractivity contribution in [1.29, 1.82) is 0 Å². The molecule has 43 heavy (non-hydrogen) atoms. The Morgan fingerprint density at radius 2 is 1.91 bits per heavy atom. The molecule has 15 heteroatoms. The number of rotatable bonds is 8. The average molecular weight is 618 g/mol. The summed E-state index contributed by atoms with van der Waals surface area (Å²) in [4.78, 5) is 29.5. The maximum Gasteiger partial charge on any atom is 0.424 e. The number of amides is 2. The second-order valence-electron chi connectivity index (χ2n) is 9.92. The van der Waals surface area contributed by atoms with Crippen LogP contribution in [0, 0.1) is 5.82 Å². The molecule has 10 nitrogen and oxygen atoms in total. The van der Waals surface area contributed by atoms with Crippen molar-refractivity contribution in [3.05, 3.63) is 76.7 Å². The molecule has 1 aliphatic rings. The Hall–Kier alpha value is -4.63. The van der Waals surface area contributed by atoms with E-state index in [9.17, 15) is 32.3 Å². The number of carbonyl (C=O) groups is 2. The van der Waals surface area contributed by atoms with E-state index in [2.05, 4.69) is 20.5 Å². The third-order valence-electron chi connectivity index (χ3n) is 7.19. The van der Waals surface area contributed by atoms with Gasteiger partial charge >= 0.3 is 6.18 Å². The summed E-state index contributed by atoms with van der Waals surface area (Å²) >= 11 is 1.22. The van der Waals surface area contributed by atoms with Gasteiger partial charge in [-0.3, -0.25) is 9.59 Å². The van der Waals surface area contributed by atoms with Crippen molar-refractivity contribution in [1.82, 2.24) is 20.5 Å². The zero-order valence-corrected chi connectivity index (χ0v) is 23.3. The van der Waals surface area contributed by atoms with Crippen molar-refractivity contribution in [2.75, 3.05) is 20.3 Å². The van der Waals surface area contributed by atoms with Crippen LogP contribution in [0.25, 0.3) is 21.8 Å². The molecule has 2 amide bonds. The van der Waals surface area contributed by atoms with Gasteiger partial charge in [-0.2, -0.15) is 13.2 Å². The van der Waals surface area contributed by atoms with Gasteiger partial charge in [0, 0.05) is 16.7 Å². The van der Waals surface area contributed by atoms with Crippen molar-refractivity contribution in [3.8, 4) is 33.3 Å². The van der Waals surface area contributed by atoms with E-state index in [4.69, 9.17) is 15.2 Å². The minimum Gasteiger partial charge on any atom is -0.496 e. The molecule has 4 aromatic rings. The lowest BCUT2D eigenvalue weighted by Crippen LogP contribution is -2.51. The van der Waals surface area contributed by atoms with Crippen LogP contribution in [-0.4, -0.2) is 58.5 Å². The van der Waals surface area contributed by atoms with Gasteiger partial charge < -0.3 is 25.6 Å². The summed E-state index contributed by atoms with van der Waals surface area (Å²) in [6, 6.07) is 9.73. The van der Waals surface area contributed by atoms with Crippen LogP contribution >= 0.6 is 11.3 Å². The number of fused-ring (bicyclic) bond motifs is 1. The van der Waals surface area contributed by atoms with Gasteiger partial charge in [0.15, 0.2) is 5.01 Å². The van der Waals surface area contributed by atoms with Gasteiger partial charge in [-0.25, -0.2) is 9.37 Å². The summed E-state index contributed by atoms with van der Waals surface area (Å²) in [5, 5.41) is 21.5. The fraction of sp³-hybridized carbons (Fsp3) is 0.250. The van der Waals surface area contributed by atoms with Crippen molar-refractivity contribution in [2.24, 2.45) is 5.73 Å². The first-order valence-corrected chi connectivity index (χ1v) is 13.4. The maximum absolute atomic E-state index is 14.6. The molecule has 0 radical (unpaired) electrons. The van der Waals surface area contributed by atoms with Gasteiger partial charge in [-0.15, -0.1) is 10.2 Å². The molecule has 0 bridgehead atoms. The third kappa shape index (κ3) is 5.25. The van der Waals surface area contributed by atoms with Crippen molar-refractivity contribution in [3.63, 3.8) is 0 Å². The molecular weight excluding hydrogens is 594 g/mol. The minimum atomic E-state index is -5.36. The Balaban J connectivity index is 1.55. The van der Waals surface area contributed by atoms with Crippen LogP contribution in [-0.2, 0) is 15.8 Å². The van der Waals surface area contributed by atoms with Crippen molar-refractivity contribution >= 4 is 23.2 Å². The standard InChI is InChI=1S/C28H23F4N5O5S/c1-26(25(33)39)12-42-22-18(26)10-20(36-21(22)14-3-6-16(29)7-4-14)27(40,28(30,31)32)11-34-23(38)15-5-8-17(19(9-15)41-2)24-37-35-13-43-24/h3-10,13,40H,11-12H2,1-2H3,(H2,33,39)(H,34,38)/t26-,27?/m0/s1. The second-order valence-corrected chi connectivity index (χ2v) is 10.8. The van der Waals surface area contributed by atoms with Crippen molar-refractivity contribution < 1.29 is 41.7 Å². The number of nitrogens with two attached hydrogens (primary N) is 1. The number of benzene rings is 2. The minimum absolute atomic E-state index is 0.0344. The molecule has 0 saturated heterocycles. The van der Waals surface area contributed by atoms with E-state index in [0.717, 1.165) is 18.2 Å². The molecule has 0 saturated carbocycles. The van der Waals surface area contributed by atoms with E-state index in [1.165, 1.54) is 61.2 Å². The summed E-state index contributed by atoms with van der Waals surface area (Å²) in [6.45, 7) is -0.266. The molecular formula is C28H23F4N5O5S. The zero-order valence-electron chi connectivity index (χ0n) is 22.5. The molecule has 224 valence electrons. The van der Waals surface area contributed by atoms with E-state index < -0.39 is 47.1 Å². The molecule has 5 rings (SSSR count). The number of pyridine rings is 1. The molecule has 0 aliphatic carbocycles. The molecule has 1 unspecified atom stereocenters. The van der Waals surface area contributed by atoms with Crippen LogP contribution in [0.2, 0.25) is 0 Å². The number of alkyl halides is 3. The predicted molar refractivity (Wildman–Crippen MR) is 146 cm³/mol. The molecule has 3 heterocycles. The highest BCUT2D eigenvalue weighted by atomic mass is 32.1. The number of hydrogen-bond donors (Lipinski definition) is 3. The average Bonchev–Trinajstić information content (AvgIpc) is 3.64. The Bertz CT molecular complexity index is 1700. The van der Waals surface area contributed by atoms with E-state index in [1.54, 1.807) is 0 Å². The molecule has 2 aromatic carbocycles.